The van der Waals surface area contributed by atoms with E-state index in [2.05, 4.69) is 10.1 Å². The molecule has 2 heterocycles. The summed E-state index contributed by atoms with van der Waals surface area (Å²) in [5.41, 5.74) is 11.2. The maximum absolute atomic E-state index is 12.2. The summed E-state index contributed by atoms with van der Waals surface area (Å²) in [6.45, 7) is 0. The van der Waals surface area contributed by atoms with Crippen LogP contribution >= 0.6 is 0 Å². The number of amides is 1. The van der Waals surface area contributed by atoms with Crippen LogP contribution in [0.4, 0.5) is 0 Å². The maximum atomic E-state index is 12.2. The van der Waals surface area contributed by atoms with Gasteiger partial charge in [-0.3, -0.25) is 4.79 Å². The molecular weight excluding hydrogens is 364 g/mol. The van der Waals surface area contributed by atoms with E-state index < -0.39 is 0 Å². The summed E-state index contributed by atoms with van der Waals surface area (Å²) in [7, 11) is 3.42. The quantitative estimate of drug-likeness (QED) is 0.563. The zero-order chi connectivity index (χ0) is 20.4. The fourth-order valence-electron chi connectivity index (χ4n) is 3.39. The summed E-state index contributed by atoms with van der Waals surface area (Å²) in [6.07, 6.45) is 0.501. The second-order valence-corrected chi connectivity index (χ2v) is 7.14. The highest BCUT2D eigenvalue weighted by Gasteiger charge is 2.18. The van der Waals surface area contributed by atoms with Gasteiger partial charge in [0.05, 0.1) is 0 Å². The standard InChI is InChI=1S/C23H22N4O2/c1-27(2)23(28)20-12-7-8-15(25-20)14-19(24)16-9-3-4-10-17(16)22-18-11-5-6-13-21(18)29-26-22/h3-13,19H,14,24H2,1-2H3/t19-/m0/s1. The molecule has 2 N–H and O–H groups in total. The Morgan fingerprint density at radius 2 is 1.79 bits per heavy atom. The summed E-state index contributed by atoms with van der Waals surface area (Å²) in [5, 5.41) is 5.22. The van der Waals surface area contributed by atoms with Gasteiger partial charge in [0.1, 0.15) is 11.4 Å². The molecule has 0 radical (unpaired) electrons. The predicted molar refractivity (Wildman–Crippen MR) is 112 cm³/mol. The molecule has 0 aliphatic rings. The third-order valence-electron chi connectivity index (χ3n) is 4.85. The van der Waals surface area contributed by atoms with Crippen molar-refractivity contribution >= 4 is 16.9 Å². The molecule has 1 atom stereocenters. The summed E-state index contributed by atoms with van der Waals surface area (Å²) in [6, 6.07) is 20.8. The van der Waals surface area contributed by atoms with Crippen molar-refractivity contribution in [2.45, 2.75) is 12.5 Å². The van der Waals surface area contributed by atoms with Crippen LogP contribution in [0.15, 0.2) is 71.3 Å². The van der Waals surface area contributed by atoms with Gasteiger partial charge in [-0.2, -0.15) is 0 Å². The highest BCUT2D eigenvalue weighted by molar-refractivity contribution is 5.92. The smallest absolute Gasteiger partial charge is 0.271 e. The molecule has 0 bridgehead atoms. The van der Waals surface area contributed by atoms with Gasteiger partial charge < -0.3 is 15.2 Å². The van der Waals surface area contributed by atoms with E-state index in [1.54, 1.807) is 20.2 Å². The van der Waals surface area contributed by atoms with Crippen molar-refractivity contribution in [1.29, 1.82) is 0 Å². The first-order valence-electron chi connectivity index (χ1n) is 9.41. The molecule has 6 heteroatoms. The van der Waals surface area contributed by atoms with Crippen molar-refractivity contribution in [3.8, 4) is 11.3 Å². The maximum Gasteiger partial charge on any atom is 0.271 e. The SMILES string of the molecule is CN(C)C(=O)c1cccc(C[C@H](N)c2ccccc2-c2noc3ccccc23)n1. The van der Waals surface area contributed by atoms with Gasteiger partial charge in [0.2, 0.25) is 0 Å². The van der Waals surface area contributed by atoms with Crippen LogP contribution in [0.2, 0.25) is 0 Å². The minimum atomic E-state index is -0.307. The Morgan fingerprint density at radius 3 is 2.62 bits per heavy atom. The molecule has 0 saturated heterocycles. The largest absolute Gasteiger partial charge is 0.356 e. The molecule has 4 rings (SSSR count). The highest BCUT2D eigenvalue weighted by Crippen LogP contribution is 2.33. The van der Waals surface area contributed by atoms with Gasteiger partial charge in [-0.15, -0.1) is 0 Å². The Morgan fingerprint density at radius 1 is 1.03 bits per heavy atom. The number of benzene rings is 2. The van der Waals surface area contributed by atoms with Gasteiger partial charge >= 0.3 is 0 Å². The van der Waals surface area contributed by atoms with Crippen molar-refractivity contribution in [3.05, 3.63) is 83.7 Å². The number of hydrogen-bond donors (Lipinski definition) is 1. The number of carbonyl (C=O) groups is 1. The third kappa shape index (κ3) is 3.75. The van der Waals surface area contributed by atoms with Crippen molar-refractivity contribution in [2.24, 2.45) is 5.73 Å². The van der Waals surface area contributed by atoms with Crippen LogP contribution in [0.1, 0.15) is 27.8 Å². The fraction of sp³-hybridized carbons (Fsp3) is 0.174. The van der Waals surface area contributed by atoms with Crippen LogP contribution < -0.4 is 5.73 Å². The highest BCUT2D eigenvalue weighted by atomic mass is 16.5. The number of rotatable bonds is 5. The zero-order valence-corrected chi connectivity index (χ0v) is 16.4. The average Bonchev–Trinajstić information content (AvgIpc) is 3.17. The summed E-state index contributed by atoms with van der Waals surface area (Å²) in [4.78, 5) is 18.2. The van der Waals surface area contributed by atoms with Gasteiger partial charge in [0.15, 0.2) is 5.58 Å². The van der Waals surface area contributed by atoms with E-state index in [-0.39, 0.29) is 11.9 Å². The van der Waals surface area contributed by atoms with Gasteiger partial charge in [-0.05, 0) is 29.8 Å². The van der Waals surface area contributed by atoms with Crippen LogP contribution in [-0.4, -0.2) is 35.0 Å². The molecule has 0 aliphatic carbocycles. The average molecular weight is 386 g/mol. The van der Waals surface area contributed by atoms with E-state index in [1.165, 1.54) is 4.90 Å². The lowest BCUT2D eigenvalue weighted by atomic mass is 9.94. The van der Waals surface area contributed by atoms with Crippen LogP contribution in [0.25, 0.3) is 22.2 Å². The fourth-order valence-corrected chi connectivity index (χ4v) is 3.39. The molecule has 0 saturated carbocycles. The van der Waals surface area contributed by atoms with E-state index in [0.717, 1.165) is 33.5 Å². The summed E-state index contributed by atoms with van der Waals surface area (Å²) in [5.74, 6) is -0.130. The van der Waals surface area contributed by atoms with Crippen molar-refractivity contribution in [3.63, 3.8) is 0 Å². The van der Waals surface area contributed by atoms with Crippen LogP contribution in [0.3, 0.4) is 0 Å². The van der Waals surface area contributed by atoms with Crippen LogP contribution in [-0.2, 0) is 6.42 Å². The van der Waals surface area contributed by atoms with E-state index in [9.17, 15) is 4.79 Å². The minimum Gasteiger partial charge on any atom is -0.356 e. The van der Waals surface area contributed by atoms with E-state index in [4.69, 9.17) is 10.3 Å². The Hall–Kier alpha value is -3.51. The Kier molecular flexibility index (Phi) is 5.10. The van der Waals surface area contributed by atoms with E-state index in [0.29, 0.717) is 12.1 Å². The Bertz CT molecular complexity index is 1170. The molecule has 6 nitrogen and oxygen atoms in total. The van der Waals surface area contributed by atoms with Crippen molar-refractivity contribution < 1.29 is 9.32 Å². The molecule has 146 valence electrons. The molecule has 2 aromatic heterocycles. The number of pyridine rings is 1. The number of para-hydroxylation sites is 1. The number of nitrogens with two attached hydrogens (primary N) is 1. The molecule has 1 amide bonds. The van der Waals surface area contributed by atoms with Gasteiger partial charge in [0, 0.05) is 43.2 Å². The summed E-state index contributed by atoms with van der Waals surface area (Å²) < 4.78 is 5.48. The number of hydrogen-bond acceptors (Lipinski definition) is 5. The van der Waals surface area contributed by atoms with Gasteiger partial charge in [-0.1, -0.05) is 47.6 Å². The number of nitrogens with zero attached hydrogens (tertiary/aromatic N) is 3. The Labute approximate surface area is 168 Å². The lowest BCUT2D eigenvalue weighted by molar-refractivity contribution is 0.0821. The number of fused-ring (bicyclic) bond motifs is 1. The predicted octanol–water partition coefficient (Wildman–Crippen LogP) is 3.83. The molecule has 0 spiro atoms. The minimum absolute atomic E-state index is 0.130. The second kappa shape index (κ2) is 7.85. The van der Waals surface area contributed by atoms with E-state index >= 15 is 0 Å². The number of carbonyl (C=O) groups excluding carboxylic acids is 1. The molecule has 29 heavy (non-hydrogen) atoms. The molecule has 0 fully saturated rings. The Balaban J connectivity index is 1.67. The third-order valence-corrected chi connectivity index (χ3v) is 4.85. The van der Waals surface area contributed by atoms with Crippen LogP contribution in [0.5, 0.6) is 0 Å². The lowest BCUT2D eigenvalue weighted by Gasteiger charge is -2.16. The first kappa shape index (κ1) is 18.8. The van der Waals surface area contributed by atoms with Gasteiger partial charge in [-0.25, -0.2) is 4.98 Å². The molecular formula is C23H22N4O2. The van der Waals surface area contributed by atoms with Crippen molar-refractivity contribution in [1.82, 2.24) is 15.0 Å². The monoisotopic (exact) mass is 386 g/mol. The summed E-state index contributed by atoms with van der Waals surface area (Å²) >= 11 is 0. The molecule has 2 aromatic carbocycles. The lowest BCUT2D eigenvalue weighted by Crippen LogP contribution is -2.23. The normalized spacial score (nSPS) is 12.1. The first-order valence-corrected chi connectivity index (χ1v) is 9.41. The van der Waals surface area contributed by atoms with Crippen molar-refractivity contribution in [2.75, 3.05) is 14.1 Å². The molecule has 0 aliphatic heterocycles. The number of aromatic nitrogens is 2. The van der Waals surface area contributed by atoms with Crippen LogP contribution in [0, 0.1) is 0 Å². The van der Waals surface area contributed by atoms with E-state index in [1.807, 2.05) is 60.7 Å². The van der Waals surface area contributed by atoms with Gasteiger partial charge in [0.25, 0.3) is 5.91 Å². The molecule has 4 aromatic rings. The second-order valence-electron chi connectivity index (χ2n) is 7.14. The zero-order valence-electron chi connectivity index (χ0n) is 16.4. The topological polar surface area (TPSA) is 85.2 Å². The first-order chi connectivity index (χ1) is 14.0. The molecule has 0 unspecified atom stereocenters.